The van der Waals surface area contributed by atoms with Crippen LogP contribution in [0.4, 0.5) is 24.8 Å². The Bertz CT molecular complexity index is 812. The number of hydrogen-bond donors (Lipinski definition) is 0. The van der Waals surface area contributed by atoms with Crippen molar-refractivity contribution in [2.45, 2.75) is 20.0 Å². The Morgan fingerprint density at radius 2 is 1.59 bits per heavy atom. The number of anilines is 2. The third-order valence-electron chi connectivity index (χ3n) is 5.07. The molecule has 2 heterocycles. The highest BCUT2D eigenvalue weighted by atomic mass is 19.4. The number of alkyl halides is 3. The first-order valence-electron chi connectivity index (χ1n) is 9.63. The number of piperazine rings is 1. The van der Waals surface area contributed by atoms with E-state index in [1.165, 1.54) is 12.1 Å². The van der Waals surface area contributed by atoms with E-state index in [1.54, 1.807) is 4.90 Å². The summed E-state index contributed by atoms with van der Waals surface area (Å²) in [5.74, 6) is 1.32. The van der Waals surface area contributed by atoms with Gasteiger partial charge >= 0.3 is 6.18 Å². The summed E-state index contributed by atoms with van der Waals surface area (Å²) in [4.78, 5) is 18.4. The summed E-state index contributed by atoms with van der Waals surface area (Å²) >= 11 is 0. The second kappa shape index (κ2) is 8.67. The molecule has 0 unspecified atom stereocenters. The number of aromatic nitrogens is 2. The predicted molar refractivity (Wildman–Crippen MR) is 105 cm³/mol. The van der Waals surface area contributed by atoms with Gasteiger partial charge in [0.1, 0.15) is 0 Å². The topological polar surface area (TPSA) is 52.6 Å². The monoisotopic (exact) mass is 407 g/mol. The maximum atomic E-state index is 12.7. The summed E-state index contributed by atoms with van der Waals surface area (Å²) in [5, 5.41) is 8.59. The van der Waals surface area contributed by atoms with E-state index in [0.29, 0.717) is 26.2 Å². The number of carbonyl (C=O) groups excluding carboxylic acids is 1. The second-order valence-electron chi connectivity index (χ2n) is 6.78. The highest BCUT2D eigenvalue weighted by Gasteiger charge is 2.30. The summed E-state index contributed by atoms with van der Waals surface area (Å²) in [6.07, 6.45) is -4.41. The minimum absolute atomic E-state index is 0.259. The summed E-state index contributed by atoms with van der Waals surface area (Å²) in [5.41, 5.74) is -0.500. The lowest BCUT2D eigenvalue weighted by molar-refractivity contribution is -0.137. The van der Waals surface area contributed by atoms with Crippen LogP contribution in [0.5, 0.6) is 0 Å². The average Bonchev–Trinajstić information content (AvgIpc) is 2.74. The third kappa shape index (κ3) is 4.78. The second-order valence-corrected chi connectivity index (χ2v) is 6.78. The van der Waals surface area contributed by atoms with Crippen LogP contribution in [0.3, 0.4) is 0 Å². The van der Waals surface area contributed by atoms with Crippen molar-refractivity contribution in [1.29, 1.82) is 0 Å². The molecule has 1 aromatic carbocycles. The zero-order chi connectivity index (χ0) is 21.0. The van der Waals surface area contributed by atoms with Gasteiger partial charge in [-0.05, 0) is 50.2 Å². The summed E-state index contributed by atoms with van der Waals surface area (Å²) in [6.45, 7) is 7.96. The van der Waals surface area contributed by atoms with Crippen LogP contribution in [0, 0.1) is 0 Å². The van der Waals surface area contributed by atoms with Crippen LogP contribution in [0.25, 0.3) is 0 Å². The molecule has 1 aromatic heterocycles. The molecule has 9 heteroatoms. The van der Waals surface area contributed by atoms with Crippen LogP contribution in [-0.4, -0.2) is 60.3 Å². The first-order valence-corrected chi connectivity index (χ1v) is 9.63. The van der Waals surface area contributed by atoms with Gasteiger partial charge in [-0.2, -0.15) is 13.2 Å². The molecule has 1 aliphatic rings. The fourth-order valence-electron chi connectivity index (χ4n) is 3.33. The Labute approximate surface area is 167 Å². The largest absolute Gasteiger partial charge is 0.416 e. The number of benzene rings is 1. The van der Waals surface area contributed by atoms with Gasteiger partial charge in [-0.1, -0.05) is 0 Å². The third-order valence-corrected chi connectivity index (χ3v) is 5.07. The quantitative estimate of drug-likeness (QED) is 0.761. The van der Waals surface area contributed by atoms with Gasteiger partial charge in [0.05, 0.1) is 5.56 Å². The van der Waals surface area contributed by atoms with Crippen LogP contribution >= 0.6 is 0 Å². The van der Waals surface area contributed by atoms with Gasteiger partial charge in [0.2, 0.25) is 0 Å². The molecule has 156 valence electrons. The normalized spacial score (nSPS) is 14.8. The molecule has 3 rings (SSSR count). The minimum Gasteiger partial charge on any atom is -0.356 e. The van der Waals surface area contributed by atoms with Crippen molar-refractivity contribution in [3.8, 4) is 0 Å². The van der Waals surface area contributed by atoms with Crippen LogP contribution in [-0.2, 0) is 6.18 Å². The highest BCUT2D eigenvalue weighted by Crippen LogP contribution is 2.29. The lowest BCUT2D eigenvalue weighted by Gasteiger charge is -2.35. The van der Waals surface area contributed by atoms with E-state index in [-0.39, 0.29) is 11.5 Å². The average molecular weight is 407 g/mol. The molecule has 6 nitrogen and oxygen atoms in total. The number of amides is 1. The Hall–Kier alpha value is -2.84. The molecule has 1 amide bonds. The molecule has 0 spiro atoms. The number of hydrogen-bond acceptors (Lipinski definition) is 5. The lowest BCUT2D eigenvalue weighted by atomic mass is 10.1. The molecule has 1 saturated heterocycles. The predicted octanol–water partition coefficient (Wildman–Crippen LogP) is 3.30. The highest BCUT2D eigenvalue weighted by molar-refractivity contribution is 5.94. The van der Waals surface area contributed by atoms with E-state index in [2.05, 4.69) is 33.8 Å². The van der Waals surface area contributed by atoms with Crippen LogP contribution in [0.15, 0.2) is 36.4 Å². The summed E-state index contributed by atoms with van der Waals surface area (Å²) < 4.78 is 38.0. The zero-order valence-corrected chi connectivity index (χ0v) is 16.5. The van der Waals surface area contributed by atoms with Gasteiger partial charge in [-0.3, -0.25) is 4.79 Å². The zero-order valence-electron chi connectivity index (χ0n) is 16.5. The molecule has 1 aliphatic heterocycles. The molecule has 0 radical (unpaired) electrons. The molecule has 0 saturated carbocycles. The minimum atomic E-state index is -4.41. The number of halogens is 3. The van der Waals surface area contributed by atoms with Gasteiger partial charge in [0.15, 0.2) is 11.6 Å². The Kier molecular flexibility index (Phi) is 6.24. The molecule has 0 atom stereocenters. The van der Waals surface area contributed by atoms with Crippen molar-refractivity contribution in [2.75, 3.05) is 49.1 Å². The first-order chi connectivity index (χ1) is 13.8. The fraction of sp³-hybridized carbons (Fsp3) is 0.450. The Morgan fingerprint density at radius 3 is 2.07 bits per heavy atom. The van der Waals surface area contributed by atoms with Crippen LogP contribution < -0.4 is 9.80 Å². The Balaban J connectivity index is 1.59. The van der Waals surface area contributed by atoms with Crippen molar-refractivity contribution < 1.29 is 18.0 Å². The molecule has 29 heavy (non-hydrogen) atoms. The number of carbonyl (C=O) groups is 1. The van der Waals surface area contributed by atoms with Crippen molar-refractivity contribution in [1.82, 2.24) is 15.1 Å². The van der Waals surface area contributed by atoms with Gasteiger partial charge in [-0.15, -0.1) is 10.2 Å². The van der Waals surface area contributed by atoms with Gasteiger partial charge in [0, 0.05) is 44.8 Å². The van der Waals surface area contributed by atoms with E-state index in [1.807, 2.05) is 12.1 Å². The maximum absolute atomic E-state index is 12.7. The smallest absolute Gasteiger partial charge is 0.356 e. The van der Waals surface area contributed by atoms with Gasteiger partial charge < -0.3 is 14.7 Å². The standard InChI is InChI=1S/C20H24F3N5O/c1-3-26(4-2)17-9-10-18(25-24-17)27-11-13-28(14-12-27)19(29)15-5-7-16(8-6-15)20(21,22)23/h5-10H,3-4,11-14H2,1-2H3. The maximum Gasteiger partial charge on any atom is 0.416 e. The van der Waals surface area contributed by atoms with E-state index >= 15 is 0 Å². The molecule has 0 aliphatic carbocycles. The van der Waals surface area contributed by atoms with E-state index < -0.39 is 11.7 Å². The number of nitrogens with zero attached hydrogens (tertiary/aromatic N) is 5. The molecule has 0 N–H and O–H groups in total. The van der Waals surface area contributed by atoms with Crippen LogP contribution in [0.2, 0.25) is 0 Å². The number of rotatable bonds is 5. The lowest BCUT2D eigenvalue weighted by Crippen LogP contribution is -2.49. The van der Waals surface area contributed by atoms with E-state index in [9.17, 15) is 18.0 Å². The van der Waals surface area contributed by atoms with Crippen molar-refractivity contribution >= 4 is 17.5 Å². The van der Waals surface area contributed by atoms with Crippen molar-refractivity contribution in [3.05, 3.63) is 47.5 Å². The van der Waals surface area contributed by atoms with Crippen molar-refractivity contribution in [3.63, 3.8) is 0 Å². The van der Waals surface area contributed by atoms with Crippen molar-refractivity contribution in [2.24, 2.45) is 0 Å². The van der Waals surface area contributed by atoms with Gasteiger partial charge in [-0.25, -0.2) is 0 Å². The molecule has 1 fully saturated rings. The molecular weight excluding hydrogens is 383 g/mol. The van der Waals surface area contributed by atoms with E-state index in [4.69, 9.17) is 0 Å². The molecule has 2 aromatic rings. The first kappa shape index (κ1) is 20.9. The van der Waals surface area contributed by atoms with E-state index in [0.717, 1.165) is 36.9 Å². The van der Waals surface area contributed by atoms with Gasteiger partial charge in [0.25, 0.3) is 5.91 Å². The molecular formula is C20H24F3N5O. The SMILES string of the molecule is CCN(CC)c1ccc(N2CCN(C(=O)c3ccc(C(F)(F)F)cc3)CC2)nn1. The summed E-state index contributed by atoms with van der Waals surface area (Å²) in [6, 6.07) is 8.21. The Morgan fingerprint density at radius 1 is 0.966 bits per heavy atom. The summed E-state index contributed by atoms with van der Waals surface area (Å²) in [7, 11) is 0. The van der Waals surface area contributed by atoms with Crippen LogP contribution in [0.1, 0.15) is 29.8 Å². The molecule has 0 bridgehead atoms. The fourth-order valence-corrected chi connectivity index (χ4v) is 3.33.